The molecule has 2 heterocycles. The van der Waals surface area contributed by atoms with Gasteiger partial charge in [-0.25, -0.2) is 9.37 Å². The highest BCUT2D eigenvalue weighted by atomic mass is 19.1. The average molecular weight is 408 g/mol. The number of carbonyl (C=O) groups is 1. The van der Waals surface area contributed by atoms with E-state index in [1.165, 1.54) is 35.3 Å². The normalized spacial score (nSPS) is 10.9. The fourth-order valence-corrected chi connectivity index (χ4v) is 2.87. The van der Waals surface area contributed by atoms with Crippen LogP contribution in [0.1, 0.15) is 6.92 Å². The Morgan fingerprint density at radius 2 is 1.87 bits per heavy atom. The first-order valence-corrected chi connectivity index (χ1v) is 9.14. The standard InChI is InChI=1S/C20H17FN6O3/c1-2-30-16-9-7-15(8-10-16)27-19-18(24-25-27)20(29)26(12-22-19)11-17(28)23-14-5-3-13(21)4-6-14/h3-10,12H,2,11H2,1H3,(H,23,28). The van der Waals surface area contributed by atoms with E-state index in [-0.39, 0.29) is 17.7 Å². The molecule has 1 N–H and O–H groups in total. The zero-order valence-corrected chi connectivity index (χ0v) is 15.9. The lowest BCUT2D eigenvalue weighted by molar-refractivity contribution is -0.116. The molecule has 0 aliphatic rings. The van der Waals surface area contributed by atoms with Crippen molar-refractivity contribution in [3.05, 3.63) is 71.0 Å². The summed E-state index contributed by atoms with van der Waals surface area (Å²) < 4.78 is 21.0. The molecule has 152 valence electrons. The van der Waals surface area contributed by atoms with Crippen molar-refractivity contribution in [2.45, 2.75) is 13.5 Å². The van der Waals surface area contributed by atoms with Crippen molar-refractivity contribution in [2.75, 3.05) is 11.9 Å². The Labute approximate surface area is 169 Å². The van der Waals surface area contributed by atoms with Gasteiger partial charge in [-0.05, 0) is 55.5 Å². The molecule has 0 bridgehead atoms. The van der Waals surface area contributed by atoms with Crippen LogP contribution in [0.5, 0.6) is 5.75 Å². The molecular weight excluding hydrogens is 391 g/mol. The van der Waals surface area contributed by atoms with Crippen LogP contribution in [0.25, 0.3) is 16.9 Å². The molecule has 0 atom stereocenters. The number of hydrogen-bond donors (Lipinski definition) is 1. The number of carbonyl (C=O) groups excluding carboxylic acids is 1. The number of nitrogens with zero attached hydrogens (tertiary/aromatic N) is 5. The van der Waals surface area contributed by atoms with Gasteiger partial charge < -0.3 is 10.1 Å². The lowest BCUT2D eigenvalue weighted by Gasteiger charge is -2.07. The smallest absolute Gasteiger partial charge is 0.284 e. The number of nitrogens with one attached hydrogen (secondary N) is 1. The summed E-state index contributed by atoms with van der Waals surface area (Å²) in [6, 6.07) is 12.5. The molecule has 0 saturated carbocycles. The minimum absolute atomic E-state index is 0.0426. The van der Waals surface area contributed by atoms with Gasteiger partial charge in [0.2, 0.25) is 5.91 Å². The van der Waals surface area contributed by atoms with Crippen molar-refractivity contribution in [3.8, 4) is 11.4 Å². The second-order valence-electron chi connectivity index (χ2n) is 6.33. The molecule has 2 aromatic carbocycles. The van der Waals surface area contributed by atoms with Gasteiger partial charge in [0, 0.05) is 5.69 Å². The van der Waals surface area contributed by atoms with Crippen LogP contribution in [-0.2, 0) is 11.3 Å². The molecule has 10 heteroatoms. The summed E-state index contributed by atoms with van der Waals surface area (Å²) in [5.41, 5.74) is 0.913. The van der Waals surface area contributed by atoms with Crippen LogP contribution in [0.15, 0.2) is 59.7 Å². The van der Waals surface area contributed by atoms with Gasteiger partial charge in [0.25, 0.3) is 5.56 Å². The molecule has 0 fully saturated rings. The Bertz CT molecular complexity index is 1250. The summed E-state index contributed by atoms with van der Waals surface area (Å²) in [6.45, 7) is 2.18. The van der Waals surface area contributed by atoms with Crippen molar-refractivity contribution in [3.63, 3.8) is 0 Å². The van der Waals surface area contributed by atoms with E-state index < -0.39 is 17.3 Å². The third kappa shape index (κ3) is 3.88. The molecule has 4 aromatic rings. The number of ether oxygens (including phenoxy) is 1. The van der Waals surface area contributed by atoms with Crippen LogP contribution in [0.3, 0.4) is 0 Å². The van der Waals surface area contributed by atoms with Crippen LogP contribution in [0.2, 0.25) is 0 Å². The van der Waals surface area contributed by atoms with Crippen molar-refractivity contribution >= 4 is 22.8 Å². The summed E-state index contributed by atoms with van der Waals surface area (Å²) >= 11 is 0. The molecule has 4 rings (SSSR count). The summed E-state index contributed by atoms with van der Waals surface area (Å²) in [6.07, 6.45) is 1.27. The minimum Gasteiger partial charge on any atom is -0.494 e. The maximum atomic E-state index is 13.0. The van der Waals surface area contributed by atoms with E-state index in [1.54, 1.807) is 24.3 Å². The first kappa shape index (κ1) is 19.2. The van der Waals surface area contributed by atoms with Gasteiger partial charge in [-0.1, -0.05) is 5.21 Å². The molecular formula is C20H17FN6O3. The predicted octanol–water partition coefficient (Wildman–Crippen LogP) is 2.15. The largest absolute Gasteiger partial charge is 0.494 e. The SMILES string of the molecule is CCOc1ccc(-n2nnc3c(=O)n(CC(=O)Nc4ccc(F)cc4)cnc32)cc1. The minimum atomic E-state index is -0.494. The van der Waals surface area contributed by atoms with Gasteiger partial charge >= 0.3 is 0 Å². The van der Waals surface area contributed by atoms with Gasteiger partial charge in [0.1, 0.15) is 24.4 Å². The summed E-state index contributed by atoms with van der Waals surface area (Å²) in [5.74, 6) is -0.147. The number of hydrogen-bond acceptors (Lipinski definition) is 6. The Hall–Kier alpha value is -4.08. The Kier molecular flexibility index (Phi) is 5.21. The van der Waals surface area contributed by atoms with Crippen LogP contribution in [0, 0.1) is 5.82 Å². The van der Waals surface area contributed by atoms with E-state index in [1.807, 2.05) is 6.92 Å². The van der Waals surface area contributed by atoms with Crippen LogP contribution < -0.4 is 15.6 Å². The highest BCUT2D eigenvalue weighted by Gasteiger charge is 2.15. The lowest BCUT2D eigenvalue weighted by atomic mass is 10.3. The third-order valence-electron chi connectivity index (χ3n) is 4.26. The molecule has 0 radical (unpaired) electrons. The number of amides is 1. The number of halogens is 1. The average Bonchev–Trinajstić information content (AvgIpc) is 3.17. The van der Waals surface area contributed by atoms with Crippen LogP contribution in [0.4, 0.5) is 10.1 Å². The van der Waals surface area contributed by atoms with Gasteiger partial charge in [-0.15, -0.1) is 5.10 Å². The van der Waals surface area contributed by atoms with E-state index in [9.17, 15) is 14.0 Å². The zero-order chi connectivity index (χ0) is 21.1. The highest BCUT2D eigenvalue weighted by Crippen LogP contribution is 2.17. The fraction of sp³-hybridized carbons (Fsp3) is 0.150. The van der Waals surface area contributed by atoms with E-state index >= 15 is 0 Å². The zero-order valence-electron chi connectivity index (χ0n) is 15.9. The van der Waals surface area contributed by atoms with Crippen molar-refractivity contribution < 1.29 is 13.9 Å². The van der Waals surface area contributed by atoms with Gasteiger partial charge in [0.15, 0.2) is 11.2 Å². The molecule has 0 unspecified atom stereocenters. The first-order valence-electron chi connectivity index (χ1n) is 9.14. The van der Waals surface area contributed by atoms with Crippen LogP contribution in [-0.4, -0.2) is 37.1 Å². The van der Waals surface area contributed by atoms with Crippen LogP contribution >= 0.6 is 0 Å². The monoisotopic (exact) mass is 408 g/mol. The predicted molar refractivity (Wildman–Crippen MR) is 107 cm³/mol. The number of aromatic nitrogens is 5. The van der Waals surface area contributed by atoms with Gasteiger partial charge in [0.05, 0.1) is 12.3 Å². The van der Waals surface area contributed by atoms with Gasteiger partial charge in [-0.3, -0.25) is 14.2 Å². The molecule has 0 saturated heterocycles. The number of anilines is 1. The highest BCUT2D eigenvalue weighted by molar-refractivity contribution is 5.90. The van der Waals surface area contributed by atoms with Gasteiger partial charge in [-0.2, -0.15) is 4.68 Å². The Morgan fingerprint density at radius 1 is 1.13 bits per heavy atom. The third-order valence-corrected chi connectivity index (χ3v) is 4.26. The molecule has 0 aliphatic carbocycles. The number of rotatable bonds is 6. The molecule has 2 aromatic heterocycles. The summed E-state index contributed by atoms with van der Waals surface area (Å²) in [4.78, 5) is 29.2. The second kappa shape index (κ2) is 8.11. The molecule has 0 spiro atoms. The van der Waals surface area contributed by atoms with Crippen molar-refractivity contribution in [1.82, 2.24) is 24.5 Å². The molecule has 0 aliphatic heterocycles. The van der Waals surface area contributed by atoms with E-state index in [4.69, 9.17) is 4.74 Å². The fourth-order valence-electron chi connectivity index (χ4n) is 2.87. The van der Waals surface area contributed by atoms with E-state index in [0.717, 1.165) is 4.57 Å². The number of benzene rings is 2. The first-order chi connectivity index (χ1) is 14.5. The summed E-state index contributed by atoms with van der Waals surface area (Å²) in [7, 11) is 0. The Morgan fingerprint density at radius 3 is 2.57 bits per heavy atom. The Balaban J connectivity index is 1.56. The maximum absolute atomic E-state index is 13.0. The topological polar surface area (TPSA) is 104 Å². The maximum Gasteiger partial charge on any atom is 0.284 e. The summed E-state index contributed by atoms with van der Waals surface area (Å²) in [5, 5.41) is 10.5. The molecule has 9 nitrogen and oxygen atoms in total. The van der Waals surface area contributed by atoms with E-state index in [0.29, 0.717) is 23.7 Å². The molecule has 1 amide bonds. The van der Waals surface area contributed by atoms with E-state index in [2.05, 4.69) is 20.6 Å². The second-order valence-corrected chi connectivity index (χ2v) is 6.33. The van der Waals surface area contributed by atoms with Crippen molar-refractivity contribution in [2.24, 2.45) is 0 Å². The molecule has 30 heavy (non-hydrogen) atoms. The quantitative estimate of drug-likeness (QED) is 0.524. The lowest BCUT2D eigenvalue weighted by Crippen LogP contribution is -2.28. The number of fused-ring (bicyclic) bond motifs is 1. The van der Waals surface area contributed by atoms with Crippen molar-refractivity contribution in [1.29, 1.82) is 0 Å².